The number of hydrogen-bond donors (Lipinski definition) is 2. The molecule has 6 rings (SSSR count). The van der Waals surface area contributed by atoms with E-state index in [0.29, 0.717) is 36.4 Å². The number of hydrogen-bond acceptors (Lipinski definition) is 5. The largest absolute Gasteiger partial charge is 0.390 e. The summed E-state index contributed by atoms with van der Waals surface area (Å²) >= 11 is 5.04. The first kappa shape index (κ1) is 21.5. The molecule has 0 radical (unpaired) electrons. The fraction of sp³-hybridized carbons (Fsp3) is 0.615. The number of carbonyl (C=O) groups is 1. The normalized spacial score (nSPS) is 42.7. The highest BCUT2D eigenvalue weighted by Crippen LogP contribution is 2.68. The van der Waals surface area contributed by atoms with E-state index in [4.69, 9.17) is 4.98 Å². The Hall–Kier alpha value is -1.08. The molecule has 3 fully saturated rings. The van der Waals surface area contributed by atoms with Crippen LogP contribution in [-0.4, -0.2) is 27.1 Å². The number of Topliss-reactive ketones (excluding diaryl/α,β-unsaturated/α-hetero) is 1. The number of rotatable bonds is 1. The van der Waals surface area contributed by atoms with Gasteiger partial charge in [0.05, 0.1) is 16.7 Å². The van der Waals surface area contributed by atoms with E-state index in [1.165, 1.54) is 0 Å². The molecule has 4 nitrogen and oxygen atoms in total. The molecule has 1 aromatic carbocycles. The zero-order valence-electron chi connectivity index (χ0n) is 18.6. The van der Waals surface area contributed by atoms with Gasteiger partial charge in [-0.15, -0.1) is 11.3 Å². The van der Waals surface area contributed by atoms with Crippen LogP contribution in [0.1, 0.15) is 62.9 Å². The molecule has 4 aliphatic carbocycles. The molecule has 3 saturated carbocycles. The number of nitrogens with zero attached hydrogens (tertiary/aromatic N) is 1. The van der Waals surface area contributed by atoms with Crippen molar-refractivity contribution in [2.24, 2.45) is 28.6 Å². The van der Waals surface area contributed by atoms with Gasteiger partial charge in [0, 0.05) is 27.3 Å². The third kappa shape index (κ3) is 2.61. The topological polar surface area (TPSA) is 70.4 Å². The maximum Gasteiger partial charge on any atom is 0.139 e. The number of aryl methyl sites for hydroxylation is 1. The summed E-state index contributed by atoms with van der Waals surface area (Å²) < 4.78 is 1.03. The van der Waals surface area contributed by atoms with Crippen LogP contribution >= 0.6 is 27.3 Å². The molecule has 2 N–H and O–H groups in total. The highest BCUT2D eigenvalue weighted by Gasteiger charge is 2.68. The van der Waals surface area contributed by atoms with Crippen molar-refractivity contribution in [1.82, 2.24) is 4.98 Å². The van der Waals surface area contributed by atoms with Crippen molar-refractivity contribution < 1.29 is 15.0 Å². The Balaban J connectivity index is 1.42. The van der Waals surface area contributed by atoms with Crippen LogP contribution in [-0.2, 0) is 16.8 Å². The van der Waals surface area contributed by atoms with Gasteiger partial charge >= 0.3 is 0 Å². The van der Waals surface area contributed by atoms with Crippen molar-refractivity contribution in [3.63, 3.8) is 0 Å². The Kier molecular flexibility index (Phi) is 4.67. The van der Waals surface area contributed by atoms with Crippen molar-refractivity contribution in [2.75, 3.05) is 0 Å². The van der Waals surface area contributed by atoms with E-state index < -0.39 is 17.1 Å². The van der Waals surface area contributed by atoms with Crippen molar-refractivity contribution in [3.8, 4) is 10.6 Å². The highest BCUT2D eigenvalue weighted by atomic mass is 79.9. The number of fused-ring (bicyclic) bond motifs is 7. The lowest BCUT2D eigenvalue weighted by molar-refractivity contribution is -0.247. The maximum absolute atomic E-state index is 12.7. The molecular formula is C26H30BrNO3S. The smallest absolute Gasteiger partial charge is 0.139 e. The molecule has 7 atom stereocenters. The first-order valence-electron chi connectivity index (χ1n) is 11.9. The second kappa shape index (κ2) is 6.97. The summed E-state index contributed by atoms with van der Waals surface area (Å²) in [5.74, 6) is 1.38. The van der Waals surface area contributed by atoms with Crippen LogP contribution in [0, 0.1) is 28.6 Å². The minimum absolute atomic E-state index is 0.230. The van der Waals surface area contributed by atoms with Crippen LogP contribution in [0.5, 0.6) is 0 Å². The molecule has 4 aliphatic rings. The first-order chi connectivity index (χ1) is 15.2. The van der Waals surface area contributed by atoms with Crippen molar-refractivity contribution in [3.05, 3.63) is 39.3 Å². The van der Waals surface area contributed by atoms with Gasteiger partial charge in [0.2, 0.25) is 0 Å². The predicted molar refractivity (Wildman–Crippen MR) is 128 cm³/mol. The summed E-state index contributed by atoms with van der Waals surface area (Å²) in [7, 11) is 0. The van der Waals surface area contributed by atoms with Gasteiger partial charge in [0.15, 0.2) is 0 Å². The quantitative estimate of drug-likeness (QED) is 0.526. The molecule has 170 valence electrons. The molecule has 6 heteroatoms. The number of thiazole rings is 1. The van der Waals surface area contributed by atoms with E-state index in [0.717, 1.165) is 57.7 Å². The summed E-state index contributed by atoms with van der Waals surface area (Å²) in [6.07, 6.45) is 4.91. The molecule has 1 heterocycles. The summed E-state index contributed by atoms with van der Waals surface area (Å²) in [5.41, 5.74) is 0.0783. The first-order valence-corrected chi connectivity index (χ1v) is 13.5. The predicted octanol–water partition coefficient (Wildman–Crippen LogP) is 5.49. The fourth-order valence-electron chi connectivity index (χ4n) is 7.97. The summed E-state index contributed by atoms with van der Waals surface area (Å²) in [4.78, 5) is 18.5. The minimum atomic E-state index is -1.27. The van der Waals surface area contributed by atoms with Crippen LogP contribution in [0.3, 0.4) is 0 Å². The molecule has 1 aromatic heterocycles. The fourth-order valence-corrected chi connectivity index (χ4v) is 9.63. The molecule has 0 amide bonds. The zero-order chi connectivity index (χ0) is 22.5. The highest BCUT2D eigenvalue weighted by molar-refractivity contribution is 9.10. The standard InChI is InChI=1S/C26H30BrNO3S/c1-24-11-9-18-16(17(24)7-8-20(24)29)13-21(30)26(31)22-19(10-12-25(18,26)2)28-23(32-22)14-3-5-15(27)6-4-14/h3-6,16-18,21,30-31H,7-13H2,1-2H3/t16-,17-,18-,21-,24-,25+,26+/m0/s1. The third-order valence-corrected chi connectivity index (χ3v) is 11.6. The van der Waals surface area contributed by atoms with Crippen LogP contribution < -0.4 is 0 Å². The second-order valence-electron chi connectivity index (χ2n) is 11.0. The lowest BCUT2D eigenvalue weighted by Crippen LogP contribution is -2.65. The van der Waals surface area contributed by atoms with Crippen molar-refractivity contribution >= 4 is 33.0 Å². The SMILES string of the molecule is C[C@]12CC[C@H]3[C@@H](C[C@H](O)[C@@]4(O)c5sc(-c6ccc(Br)cc6)nc5CC[C@]34C)[C@@H]1CCC2=O. The number of benzene rings is 1. The Morgan fingerprint density at radius 1 is 1.09 bits per heavy atom. The average molecular weight is 517 g/mol. The molecule has 2 aromatic rings. The van der Waals surface area contributed by atoms with E-state index in [1.807, 2.05) is 24.3 Å². The van der Waals surface area contributed by atoms with Gasteiger partial charge in [-0.3, -0.25) is 4.79 Å². The monoisotopic (exact) mass is 515 g/mol. The van der Waals surface area contributed by atoms with Crippen LogP contribution in [0.4, 0.5) is 0 Å². The number of halogens is 1. The Morgan fingerprint density at radius 2 is 1.84 bits per heavy atom. The zero-order valence-corrected chi connectivity index (χ0v) is 21.0. The molecule has 0 saturated heterocycles. The van der Waals surface area contributed by atoms with E-state index in [-0.39, 0.29) is 5.41 Å². The Morgan fingerprint density at radius 3 is 2.59 bits per heavy atom. The second-order valence-corrected chi connectivity index (χ2v) is 12.9. The average Bonchev–Trinajstić information content (AvgIpc) is 3.33. The Labute approximate surface area is 201 Å². The molecule has 0 bridgehead atoms. The number of ketones is 1. The van der Waals surface area contributed by atoms with Gasteiger partial charge in [0.1, 0.15) is 16.4 Å². The van der Waals surface area contributed by atoms with Gasteiger partial charge in [-0.05, 0) is 68.4 Å². The third-order valence-electron chi connectivity index (χ3n) is 9.83. The number of aliphatic hydroxyl groups excluding tert-OH is 1. The summed E-state index contributed by atoms with van der Waals surface area (Å²) in [6.45, 7) is 4.36. The van der Waals surface area contributed by atoms with E-state index >= 15 is 0 Å². The van der Waals surface area contributed by atoms with E-state index in [1.54, 1.807) is 11.3 Å². The minimum Gasteiger partial charge on any atom is -0.390 e. The van der Waals surface area contributed by atoms with Gasteiger partial charge in [-0.2, -0.15) is 0 Å². The van der Waals surface area contributed by atoms with Gasteiger partial charge in [-0.1, -0.05) is 41.9 Å². The lowest BCUT2D eigenvalue weighted by Gasteiger charge is -2.63. The summed E-state index contributed by atoms with van der Waals surface area (Å²) in [5, 5.41) is 24.8. The van der Waals surface area contributed by atoms with Gasteiger partial charge in [-0.25, -0.2) is 4.98 Å². The number of aliphatic hydroxyl groups is 2. The van der Waals surface area contributed by atoms with E-state index in [2.05, 4.69) is 29.8 Å². The van der Waals surface area contributed by atoms with Crippen LogP contribution in [0.25, 0.3) is 10.6 Å². The molecule has 0 unspecified atom stereocenters. The lowest BCUT2D eigenvalue weighted by atomic mass is 9.43. The molecular weight excluding hydrogens is 486 g/mol. The Bertz CT molecular complexity index is 1100. The number of aromatic nitrogens is 1. The summed E-state index contributed by atoms with van der Waals surface area (Å²) in [6, 6.07) is 8.11. The van der Waals surface area contributed by atoms with Gasteiger partial charge in [0.25, 0.3) is 0 Å². The molecule has 0 aliphatic heterocycles. The van der Waals surface area contributed by atoms with Gasteiger partial charge < -0.3 is 10.2 Å². The molecule has 0 spiro atoms. The van der Waals surface area contributed by atoms with E-state index in [9.17, 15) is 15.0 Å². The maximum atomic E-state index is 12.7. The number of carbonyl (C=O) groups excluding carboxylic acids is 1. The molecule has 32 heavy (non-hydrogen) atoms. The van der Waals surface area contributed by atoms with Crippen LogP contribution in [0.15, 0.2) is 28.7 Å². The van der Waals surface area contributed by atoms with Crippen molar-refractivity contribution in [2.45, 2.75) is 70.5 Å². The van der Waals surface area contributed by atoms with Crippen molar-refractivity contribution in [1.29, 1.82) is 0 Å². The van der Waals surface area contributed by atoms with Crippen LogP contribution in [0.2, 0.25) is 0 Å².